The molecule has 2 aliphatic rings. The normalized spacial score (nSPS) is 20.7. The van der Waals surface area contributed by atoms with Crippen LogP contribution in [0.1, 0.15) is 52.5 Å². The van der Waals surface area contributed by atoms with Crippen molar-refractivity contribution in [1.29, 1.82) is 0 Å². The zero-order valence-electron chi connectivity index (χ0n) is 13.5. The number of carbonyl (C=O) groups excluding carboxylic acids is 1. The lowest BCUT2D eigenvalue weighted by atomic mass is 9.98. The summed E-state index contributed by atoms with van der Waals surface area (Å²) in [6.07, 6.45) is 7.31. The molecule has 1 atom stereocenters. The van der Waals surface area contributed by atoms with Gasteiger partial charge in [0.05, 0.1) is 24.0 Å². The van der Waals surface area contributed by atoms with Gasteiger partial charge in [0.1, 0.15) is 0 Å². The Labute approximate surface area is 139 Å². The lowest BCUT2D eigenvalue weighted by Crippen LogP contribution is -2.39. The Morgan fingerprint density at radius 3 is 3.08 bits per heavy atom. The SMILES string of the molecule is O=C(c1cn[nH]c1C1CCCCN1)N1CCc2cc[nH]c(=O)c2C1. The van der Waals surface area contributed by atoms with Gasteiger partial charge in [0.2, 0.25) is 0 Å². The van der Waals surface area contributed by atoms with E-state index in [1.807, 2.05) is 6.07 Å². The molecule has 7 heteroatoms. The highest BCUT2D eigenvalue weighted by Gasteiger charge is 2.28. The van der Waals surface area contributed by atoms with E-state index in [4.69, 9.17) is 0 Å². The number of hydrogen-bond donors (Lipinski definition) is 3. The summed E-state index contributed by atoms with van der Waals surface area (Å²) in [5, 5.41) is 10.5. The van der Waals surface area contributed by atoms with Crippen molar-refractivity contribution in [3.05, 3.63) is 51.2 Å². The van der Waals surface area contributed by atoms with E-state index < -0.39 is 0 Å². The van der Waals surface area contributed by atoms with E-state index in [9.17, 15) is 9.59 Å². The van der Waals surface area contributed by atoms with E-state index in [0.29, 0.717) is 30.6 Å². The Hall–Kier alpha value is -2.41. The molecule has 0 aromatic carbocycles. The lowest BCUT2D eigenvalue weighted by molar-refractivity contribution is 0.0731. The summed E-state index contributed by atoms with van der Waals surface area (Å²) in [5.74, 6) is -0.0555. The summed E-state index contributed by atoms with van der Waals surface area (Å²) in [7, 11) is 0. The lowest BCUT2D eigenvalue weighted by Gasteiger charge is -2.29. The van der Waals surface area contributed by atoms with Crippen molar-refractivity contribution in [1.82, 2.24) is 25.4 Å². The third-order valence-electron chi connectivity index (χ3n) is 5.01. The van der Waals surface area contributed by atoms with Crippen LogP contribution in [0, 0.1) is 0 Å². The molecule has 0 radical (unpaired) electrons. The van der Waals surface area contributed by atoms with Gasteiger partial charge in [0.25, 0.3) is 11.5 Å². The van der Waals surface area contributed by atoms with Crippen LogP contribution in [0.3, 0.4) is 0 Å². The van der Waals surface area contributed by atoms with Crippen molar-refractivity contribution < 1.29 is 4.79 Å². The number of nitrogens with zero attached hydrogens (tertiary/aromatic N) is 2. The van der Waals surface area contributed by atoms with E-state index in [1.165, 1.54) is 6.42 Å². The number of fused-ring (bicyclic) bond motifs is 1. The number of aromatic amines is 2. The number of nitrogens with one attached hydrogen (secondary N) is 3. The van der Waals surface area contributed by atoms with Gasteiger partial charge in [-0.3, -0.25) is 14.7 Å². The monoisotopic (exact) mass is 327 g/mol. The average molecular weight is 327 g/mol. The predicted molar refractivity (Wildman–Crippen MR) is 88.7 cm³/mol. The summed E-state index contributed by atoms with van der Waals surface area (Å²) in [4.78, 5) is 29.4. The molecule has 0 saturated carbocycles. The van der Waals surface area contributed by atoms with Gasteiger partial charge >= 0.3 is 0 Å². The number of hydrogen-bond acceptors (Lipinski definition) is 4. The maximum absolute atomic E-state index is 13.0. The molecule has 4 heterocycles. The van der Waals surface area contributed by atoms with Crippen LogP contribution in [0.2, 0.25) is 0 Å². The van der Waals surface area contributed by atoms with E-state index in [0.717, 1.165) is 30.6 Å². The molecule has 126 valence electrons. The van der Waals surface area contributed by atoms with Crippen LogP contribution in [0.4, 0.5) is 0 Å². The highest BCUT2D eigenvalue weighted by Crippen LogP contribution is 2.26. The summed E-state index contributed by atoms with van der Waals surface area (Å²) in [6, 6.07) is 2.08. The third-order valence-corrected chi connectivity index (χ3v) is 5.01. The zero-order chi connectivity index (χ0) is 16.5. The first-order valence-corrected chi connectivity index (χ1v) is 8.49. The molecule has 2 aliphatic heterocycles. The van der Waals surface area contributed by atoms with E-state index in [1.54, 1.807) is 17.3 Å². The molecular formula is C17H21N5O2. The number of aromatic nitrogens is 3. The maximum Gasteiger partial charge on any atom is 0.257 e. The smallest absolute Gasteiger partial charge is 0.257 e. The molecular weight excluding hydrogens is 306 g/mol. The first kappa shape index (κ1) is 15.1. The molecule has 1 fully saturated rings. The minimum absolute atomic E-state index is 0.0555. The Morgan fingerprint density at radius 2 is 2.25 bits per heavy atom. The van der Waals surface area contributed by atoms with Crippen molar-refractivity contribution in [2.24, 2.45) is 0 Å². The molecule has 0 bridgehead atoms. The molecule has 1 amide bonds. The molecule has 24 heavy (non-hydrogen) atoms. The summed E-state index contributed by atoms with van der Waals surface area (Å²) >= 11 is 0. The topological polar surface area (TPSA) is 93.9 Å². The van der Waals surface area contributed by atoms with Crippen molar-refractivity contribution >= 4 is 5.91 Å². The molecule has 7 nitrogen and oxygen atoms in total. The Bertz CT molecular complexity index is 803. The van der Waals surface area contributed by atoms with Crippen LogP contribution in [-0.2, 0) is 13.0 Å². The molecule has 0 aliphatic carbocycles. The van der Waals surface area contributed by atoms with Gasteiger partial charge < -0.3 is 15.2 Å². The molecule has 4 rings (SSSR count). The zero-order valence-corrected chi connectivity index (χ0v) is 13.5. The van der Waals surface area contributed by atoms with Crippen LogP contribution in [0.25, 0.3) is 0 Å². The van der Waals surface area contributed by atoms with Gasteiger partial charge in [-0.05, 0) is 37.4 Å². The Kier molecular flexibility index (Phi) is 3.93. The molecule has 3 N–H and O–H groups in total. The largest absolute Gasteiger partial charge is 0.334 e. The standard InChI is InChI=1S/C17H21N5O2/c23-16-13-10-22(8-5-11(13)4-7-19-16)17(24)12-9-20-21-15(12)14-3-1-2-6-18-14/h4,7,9,14,18H,1-3,5-6,8,10H2,(H,19,23)(H,20,21). The van der Waals surface area contributed by atoms with Crippen LogP contribution in [0.15, 0.2) is 23.3 Å². The van der Waals surface area contributed by atoms with Crippen molar-refractivity contribution in [3.8, 4) is 0 Å². The van der Waals surface area contributed by atoms with Crippen molar-refractivity contribution in [3.63, 3.8) is 0 Å². The van der Waals surface area contributed by atoms with Crippen molar-refractivity contribution in [2.75, 3.05) is 13.1 Å². The minimum atomic E-state index is -0.105. The highest BCUT2D eigenvalue weighted by molar-refractivity contribution is 5.95. The number of H-pyrrole nitrogens is 2. The van der Waals surface area contributed by atoms with E-state index in [2.05, 4.69) is 20.5 Å². The Morgan fingerprint density at radius 1 is 1.33 bits per heavy atom. The molecule has 2 aromatic rings. The maximum atomic E-state index is 13.0. The summed E-state index contributed by atoms with van der Waals surface area (Å²) < 4.78 is 0. The third kappa shape index (κ3) is 2.65. The summed E-state index contributed by atoms with van der Waals surface area (Å²) in [6.45, 7) is 1.94. The first-order valence-electron chi connectivity index (χ1n) is 8.49. The fourth-order valence-electron chi connectivity index (χ4n) is 3.66. The number of amides is 1. The van der Waals surface area contributed by atoms with Crippen LogP contribution < -0.4 is 10.9 Å². The van der Waals surface area contributed by atoms with Gasteiger partial charge in [-0.15, -0.1) is 0 Å². The highest BCUT2D eigenvalue weighted by atomic mass is 16.2. The molecule has 1 saturated heterocycles. The fourth-order valence-corrected chi connectivity index (χ4v) is 3.66. The van der Waals surface area contributed by atoms with Crippen LogP contribution >= 0.6 is 0 Å². The second-order valence-corrected chi connectivity index (χ2v) is 6.49. The van der Waals surface area contributed by atoms with Crippen LogP contribution in [-0.4, -0.2) is 39.1 Å². The van der Waals surface area contributed by atoms with Gasteiger partial charge in [-0.1, -0.05) is 6.42 Å². The number of rotatable bonds is 2. The average Bonchev–Trinajstić information content (AvgIpc) is 3.12. The van der Waals surface area contributed by atoms with Gasteiger partial charge in [0, 0.05) is 24.3 Å². The second kappa shape index (κ2) is 6.24. The molecule has 0 spiro atoms. The van der Waals surface area contributed by atoms with Gasteiger partial charge in [-0.2, -0.15) is 5.10 Å². The second-order valence-electron chi connectivity index (χ2n) is 6.49. The predicted octanol–water partition coefficient (Wildman–Crippen LogP) is 1.11. The summed E-state index contributed by atoms with van der Waals surface area (Å²) in [5.41, 5.74) is 3.10. The quantitative estimate of drug-likeness (QED) is 0.770. The van der Waals surface area contributed by atoms with E-state index in [-0.39, 0.29) is 17.5 Å². The molecule has 2 aromatic heterocycles. The van der Waals surface area contributed by atoms with E-state index >= 15 is 0 Å². The van der Waals surface area contributed by atoms with Crippen molar-refractivity contribution in [2.45, 2.75) is 38.3 Å². The number of carbonyl (C=O) groups is 1. The Balaban J connectivity index is 1.58. The fraction of sp³-hybridized carbons (Fsp3) is 0.471. The van der Waals surface area contributed by atoms with Crippen LogP contribution in [0.5, 0.6) is 0 Å². The van der Waals surface area contributed by atoms with Gasteiger partial charge in [-0.25, -0.2) is 0 Å². The first-order chi connectivity index (χ1) is 11.7. The number of pyridine rings is 1. The minimum Gasteiger partial charge on any atom is -0.334 e. The molecule has 1 unspecified atom stereocenters. The number of piperidine rings is 1. The van der Waals surface area contributed by atoms with Gasteiger partial charge in [0.15, 0.2) is 0 Å².